The van der Waals surface area contributed by atoms with Gasteiger partial charge in [0.1, 0.15) is 0 Å². The summed E-state index contributed by atoms with van der Waals surface area (Å²) < 4.78 is 0. The van der Waals surface area contributed by atoms with E-state index in [-0.39, 0.29) is 5.54 Å². The van der Waals surface area contributed by atoms with E-state index in [1.54, 1.807) is 0 Å². The Morgan fingerprint density at radius 2 is 1.88 bits per heavy atom. The molecule has 0 heterocycles. The Morgan fingerprint density at radius 3 is 2.50 bits per heavy atom. The summed E-state index contributed by atoms with van der Waals surface area (Å²) in [5.74, 6) is 0. The van der Waals surface area contributed by atoms with Gasteiger partial charge in [0.05, 0.1) is 0 Å². The number of hydrogen-bond donors (Lipinski definition) is 2. The molecule has 0 radical (unpaired) electrons. The topological polar surface area (TPSA) is 24.1 Å². The number of anilines is 1. The average molecular weight is 220 g/mol. The monoisotopic (exact) mass is 220 g/mol. The number of hydrogen-bond acceptors (Lipinski definition) is 2. The lowest BCUT2D eigenvalue weighted by molar-refractivity contribution is 0.435. The minimum Gasteiger partial charge on any atom is -0.384 e. The Balaban J connectivity index is 2.32. The van der Waals surface area contributed by atoms with Gasteiger partial charge in [-0.3, -0.25) is 0 Å². The first-order valence-electron chi connectivity index (χ1n) is 6.09. The van der Waals surface area contributed by atoms with Crippen molar-refractivity contribution in [1.82, 2.24) is 5.32 Å². The van der Waals surface area contributed by atoms with E-state index in [0.29, 0.717) is 0 Å². The standard InChI is InChI=1S/C14H24N2/c1-5-12-7-6-8-13(11-12)15-9-10-16-14(2,3)4/h6-8,11,15-16H,5,9-10H2,1-4H3. The Bertz CT molecular complexity index is 313. The molecule has 1 aromatic rings. The molecule has 2 heteroatoms. The molecule has 0 amide bonds. The summed E-state index contributed by atoms with van der Waals surface area (Å²) in [5.41, 5.74) is 2.80. The average Bonchev–Trinajstić information content (AvgIpc) is 2.23. The highest BCUT2D eigenvalue weighted by molar-refractivity contribution is 5.45. The highest BCUT2D eigenvalue weighted by Gasteiger charge is 2.06. The van der Waals surface area contributed by atoms with Crippen molar-refractivity contribution in [3.05, 3.63) is 29.8 Å². The molecule has 0 bridgehead atoms. The molecule has 0 fully saturated rings. The van der Waals surface area contributed by atoms with Gasteiger partial charge in [-0.15, -0.1) is 0 Å². The Labute approximate surface area is 99.5 Å². The molecule has 0 aliphatic rings. The van der Waals surface area contributed by atoms with Gasteiger partial charge in [0.2, 0.25) is 0 Å². The molecule has 0 aliphatic heterocycles. The molecule has 0 saturated carbocycles. The third-order valence-corrected chi connectivity index (χ3v) is 2.44. The van der Waals surface area contributed by atoms with Crippen LogP contribution in [0.5, 0.6) is 0 Å². The Morgan fingerprint density at radius 1 is 1.12 bits per heavy atom. The van der Waals surface area contributed by atoms with Crippen LogP contribution >= 0.6 is 0 Å². The van der Waals surface area contributed by atoms with Crippen molar-refractivity contribution in [2.75, 3.05) is 18.4 Å². The summed E-state index contributed by atoms with van der Waals surface area (Å²) in [6.07, 6.45) is 1.09. The molecule has 2 nitrogen and oxygen atoms in total. The molecule has 0 aliphatic carbocycles. The van der Waals surface area contributed by atoms with Gasteiger partial charge in [-0.25, -0.2) is 0 Å². The fraction of sp³-hybridized carbons (Fsp3) is 0.571. The molecule has 0 unspecified atom stereocenters. The van der Waals surface area contributed by atoms with Crippen molar-refractivity contribution in [1.29, 1.82) is 0 Å². The zero-order valence-electron chi connectivity index (χ0n) is 10.9. The minimum atomic E-state index is 0.201. The number of benzene rings is 1. The van der Waals surface area contributed by atoms with Crippen LogP contribution in [-0.2, 0) is 6.42 Å². The van der Waals surface area contributed by atoms with Crippen molar-refractivity contribution in [3.8, 4) is 0 Å². The van der Waals surface area contributed by atoms with E-state index in [2.05, 4.69) is 62.6 Å². The highest BCUT2D eigenvalue weighted by Crippen LogP contribution is 2.10. The van der Waals surface area contributed by atoms with Gasteiger partial charge < -0.3 is 10.6 Å². The SMILES string of the molecule is CCc1cccc(NCCNC(C)(C)C)c1. The van der Waals surface area contributed by atoms with E-state index in [1.807, 2.05) is 0 Å². The summed E-state index contributed by atoms with van der Waals surface area (Å²) >= 11 is 0. The first-order chi connectivity index (χ1) is 7.51. The second kappa shape index (κ2) is 5.90. The molecule has 0 spiro atoms. The van der Waals surface area contributed by atoms with Gasteiger partial charge in [-0.1, -0.05) is 19.1 Å². The van der Waals surface area contributed by atoms with Crippen LogP contribution in [0.15, 0.2) is 24.3 Å². The molecule has 1 aromatic carbocycles. The van der Waals surface area contributed by atoms with Crippen molar-refractivity contribution < 1.29 is 0 Å². The van der Waals surface area contributed by atoms with Gasteiger partial charge in [0, 0.05) is 24.3 Å². The van der Waals surface area contributed by atoms with Crippen LogP contribution in [0.25, 0.3) is 0 Å². The maximum Gasteiger partial charge on any atom is 0.0343 e. The van der Waals surface area contributed by atoms with Crippen LogP contribution in [0.1, 0.15) is 33.3 Å². The van der Waals surface area contributed by atoms with E-state index in [9.17, 15) is 0 Å². The predicted molar refractivity (Wildman–Crippen MR) is 72.1 cm³/mol. The molecule has 1 rings (SSSR count). The second-order valence-electron chi connectivity index (χ2n) is 5.16. The first-order valence-corrected chi connectivity index (χ1v) is 6.09. The fourth-order valence-electron chi connectivity index (χ4n) is 1.55. The number of rotatable bonds is 5. The van der Waals surface area contributed by atoms with Gasteiger partial charge in [0.25, 0.3) is 0 Å². The van der Waals surface area contributed by atoms with Gasteiger partial charge in [0.15, 0.2) is 0 Å². The van der Waals surface area contributed by atoms with Gasteiger partial charge in [-0.05, 0) is 44.9 Å². The lowest BCUT2D eigenvalue weighted by Gasteiger charge is -2.20. The lowest BCUT2D eigenvalue weighted by atomic mass is 10.1. The fourth-order valence-corrected chi connectivity index (χ4v) is 1.55. The van der Waals surface area contributed by atoms with E-state index in [4.69, 9.17) is 0 Å². The van der Waals surface area contributed by atoms with Crippen LogP contribution < -0.4 is 10.6 Å². The smallest absolute Gasteiger partial charge is 0.0343 e. The summed E-state index contributed by atoms with van der Waals surface area (Å²) in [7, 11) is 0. The zero-order chi connectivity index (χ0) is 12.0. The Hall–Kier alpha value is -1.02. The van der Waals surface area contributed by atoms with Crippen molar-refractivity contribution in [2.24, 2.45) is 0 Å². The largest absolute Gasteiger partial charge is 0.384 e. The molecule has 16 heavy (non-hydrogen) atoms. The van der Waals surface area contributed by atoms with Crippen LogP contribution in [-0.4, -0.2) is 18.6 Å². The normalized spacial score (nSPS) is 11.5. The third kappa shape index (κ3) is 5.17. The first kappa shape index (κ1) is 13.0. The maximum atomic E-state index is 3.46. The molecule has 2 N–H and O–H groups in total. The van der Waals surface area contributed by atoms with E-state index >= 15 is 0 Å². The summed E-state index contributed by atoms with van der Waals surface area (Å²) in [6.45, 7) is 10.7. The molecule has 0 aromatic heterocycles. The van der Waals surface area contributed by atoms with Crippen molar-refractivity contribution >= 4 is 5.69 Å². The van der Waals surface area contributed by atoms with Crippen molar-refractivity contribution in [3.63, 3.8) is 0 Å². The van der Waals surface area contributed by atoms with Crippen LogP contribution in [0, 0.1) is 0 Å². The van der Waals surface area contributed by atoms with Crippen LogP contribution in [0.2, 0.25) is 0 Å². The number of aryl methyl sites for hydroxylation is 1. The third-order valence-electron chi connectivity index (χ3n) is 2.44. The maximum absolute atomic E-state index is 3.46. The van der Waals surface area contributed by atoms with Crippen molar-refractivity contribution in [2.45, 2.75) is 39.7 Å². The Kier molecular flexibility index (Phi) is 4.81. The summed E-state index contributed by atoms with van der Waals surface area (Å²) in [6, 6.07) is 8.62. The predicted octanol–water partition coefficient (Wildman–Crippen LogP) is 3.05. The zero-order valence-corrected chi connectivity index (χ0v) is 10.9. The van der Waals surface area contributed by atoms with Gasteiger partial charge in [-0.2, -0.15) is 0 Å². The minimum absolute atomic E-state index is 0.201. The lowest BCUT2D eigenvalue weighted by Crippen LogP contribution is -2.38. The highest BCUT2D eigenvalue weighted by atomic mass is 15.0. The molecular formula is C14H24N2. The summed E-state index contributed by atoms with van der Waals surface area (Å²) in [5, 5.41) is 6.89. The molecular weight excluding hydrogens is 196 g/mol. The molecule has 90 valence electrons. The van der Waals surface area contributed by atoms with E-state index in [1.165, 1.54) is 11.3 Å². The quantitative estimate of drug-likeness (QED) is 0.745. The number of nitrogens with one attached hydrogen (secondary N) is 2. The second-order valence-corrected chi connectivity index (χ2v) is 5.16. The summed E-state index contributed by atoms with van der Waals surface area (Å²) in [4.78, 5) is 0. The molecule has 0 saturated heterocycles. The van der Waals surface area contributed by atoms with E-state index < -0.39 is 0 Å². The van der Waals surface area contributed by atoms with Crippen LogP contribution in [0.3, 0.4) is 0 Å². The van der Waals surface area contributed by atoms with Gasteiger partial charge >= 0.3 is 0 Å². The van der Waals surface area contributed by atoms with Crippen LogP contribution in [0.4, 0.5) is 5.69 Å². The molecule has 0 atom stereocenters. The van der Waals surface area contributed by atoms with E-state index in [0.717, 1.165) is 19.5 Å².